The number of likely N-dealkylation sites (tertiary alicyclic amines) is 1. The summed E-state index contributed by atoms with van der Waals surface area (Å²) >= 11 is 6.33. The van der Waals surface area contributed by atoms with E-state index in [9.17, 15) is 4.79 Å². The van der Waals surface area contributed by atoms with Gasteiger partial charge in [0.25, 0.3) is 0 Å². The summed E-state index contributed by atoms with van der Waals surface area (Å²) in [6.45, 7) is 3.74. The van der Waals surface area contributed by atoms with Crippen LogP contribution in [0.4, 0.5) is 0 Å². The van der Waals surface area contributed by atoms with Crippen LogP contribution >= 0.6 is 11.6 Å². The summed E-state index contributed by atoms with van der Waals surface area (Å²) in [6.07, 6.45) is 5.09. The quantitative estimate of drug-likeness (QED) is 0.797. The summed E-state index contributed by atoms with van der Waals surface area (Å²) < 4.78 is 17.0. The van der Waals surface area contributed by atoms with Crippen LogP contribution < -0.4 is 14.8 Å². The summed E-state index contributed by atoms with van der Waals surface area (Å²) in [6, 6.07) is 7.54. The number of nitrogens with one attached hydrogen (secondary N) is 1. The maximum atomic E-state index is 12.6. The lowest BCUT2D eigenvalue weighted by molar-refractivity contribution is -0.120. The fraction of sp³-hybridized carbons (Fsp3) is 0.476. The van der Waals surface area contributed by atoms with E-state index in [0.717, 1.165) is 30.8 Å². The Morgan fingerprint density at radius 3 is 2.79 bits per heavy atom. The molecule has 6 nitrogen and oxygen atoms in total. The van der Waals surface area contributed by atoms with Crippen molar-refractivity contribution in [2.75, 3.05) is 32.8 Å². The normalized spacial score (nSPS) is 17.9. The minimum absolute atomic E-state index is 0.0543. The topological polar surface area (TPSA) is 63.9 Å². The van der Waals surface area contributed by atoms with Crippen LogP contribution in [0.2, 0.25) is 5.02 Å². The molecule has 0 bridgehead atoms. The Bertz CT molecular complexity index is 803. The average Bonchev–Trinajstić information content (AvgIpc) is 3.34. The van der Waals surface area contributed by atoms with Crippen LogP contribution in [0.5, 0.6) is 11.5 Å². The van der Waals surface area contributed by atoms with Crippen LogP contribution in [-0.4, -0.2) is 43.7 Å². The number of hydrogen-bond acceptors (Lipinski definition) is 5. The smallest absolute Gasteiger partial charge is 0.224 e. The highest BCUT2D eigenvalue weighted by Crippen LogP contribution is 2.38. The second-order valence-electron chi connectivity index (χ2n) is 7.21. The molecule has 0 aliphatic carbocycles. The first kappa shape index (κ1) is 19.2. The molecule has 1 atom stereocenters. The van der Waals surface area contributed by atoms with E-state index in [1.165, 1.54) is 12.8 Å². The Hall–Kier alpha value is -2.18. The highest BCUT2D eigenvalue weighted by Gasteiger charge is 2.26. The number of nitrogens with zero attached hydrogens (tertiary/aromatic N) is 1. The number of rotatable bonds is 6. The van der Waals surface area contributed by atoms with E-state index in [4.69, 9.17) is 25.5 Å². The minimum Gasteiger partial charge on any atom is -0.489 e. The molecule has 1 aromatic carbocycles. The lowest BCUT2D eigenvalue weighted by Gasteiger charge is -2.26. The Labute approximate surface area is 169 Å². The Morgan fingerprint density at radius 1 is 1.18 bits per heavy atom. The highest BCUT2D eigenvalue weighted by atomic mass is 35.5. The van der Waals surface area contributed by atoms with Gasteiger partial charge in [-0.3, -0.25) is 9.69 Å². The first-order valence-electron chi connectivity index (χ1n) is 9.83. The molecule has 0 radical (unpaired) electrons. The Balaban J connectivity index is 1.40. The van der Waals surface area contributed by atoms with Gasteiger partial charge in [0, 0.05) is 13.0 Å². The van der Waals surface area contributed by atoms with E-state index >= 15 is 0 Å². The van der Waals surface area contributed by atoms with Crippen LogP contribution in [0.3, 0.4) is 0 Å². The second-order valence-corrected chi connectivity index (χ2v) is 7.62. The lowest BCUT2D eigenvalue weighted by Crippen LogP contribution is -2.37. The minimum atomic E-state index is -0.0543. The first-order valence-corrected chi connectivity index (χ1v) is 10.2. The molecular formula is C21H25ClN2O4. The molecule has 7 heteroatoms. The van der Waals surface area contributed by atoms with Gasteiger partial charge in [-0.05, 0) is 55.8 Å². The number of benzene rings is 1. The van der Waals surface area contributed by atoms with Gasteiger partial charge in [0.05, 0.1) is 37.0 Å². The van der Waals surface area contributed by atoms with Gasteiger partial charge in [-0.1, -0.05) is 11.6 Å². The molecule has 1 saturated heterocycles. The van der Waals surface area contributed by atoms with Crippen LogP contribution in [0.25, 0.3) is 0 Å². The van der Waals surface area contributed by atoms with Crippen molar-refractivity contribution in [3.8, 4) is 11.5 Å². The number of hydrogen-bond donors (Lipinski definition) is 1. The Morgan fingerprint density at radius 2 is 2.00 bits per heavy atom. The molecule has 0 unspecified atom stereocenters. The summed E-state index contributed by atoms with van der Waals surface area (Å²) in [4.78, 5) is 14.9. The van der Waals surface area contributed by atoms with Crippen LogP contribution in [-0.2, 0) is 11.2 Å². The molecule has 150 valence electrons. The van der Waals surface area contributed by atoms with Crippen molar-refractivity contribution >= 4 is 17.5 Å². The van der Waals surface area contributed by atoms with Gasteiger partial charge in [-0.2, -0.15) is 0 Å². The maximum absolute atomic E-state index is 12.6. The third-order valence-corrected chi connectivity index (χ3v) is 5.45. The van der Waals surface area contributed by atoms with Gasteiger partial charge in [0.1, 0.15) is 5.76 Å². The van der Waals surface area contributed by atoms with Crippen molar-refractivity contribution in [1.29, 1.82) is 0 Å². The van der Waals surface area contributed by atoms with E-state index in [2.05, 4.69) is 10.2 Å². The molecule has 2 aliphatic heterocycles. The number of carbonyl (C=O) groups is 1. The van der Waals surface area contributed by atoms with Crippen LogP contribution in [0.15, 0.2) is 34.9 Å². The standard InChI is InChI=1S/C21H25ClN2O4/c22-16-11-15(12-19-21(16)28-10-4-9-27-19)13-20(25)23-14-17(18-5-3-8-26-18)24-6-1-2-7-24/h3,5,8,11-12,17H,1-2,4,6-7,9-10,13-14H2,(H,23,25)/t17-/m1/s1. The monoisotopic (exact) mass is 404 g/mol. The fourth-order valence-electron chi connectivity index (χ4n) is 3.79. The summed E-state index contributed by atoms with van der Waals surface area (Å²) in [7, 11) is 0. The third kappa shape index (κ3) is 4.45. The van der Waals surface area contributed by atoms with E-state index in [1.54, 1.807) is 12.3 Å². The molecule has 0 saturated carbocycles. The zero-order valence-electron chi connectivity index (χ0n) is 15.8. The fourth-order valence-corrected chi connectivity index (χ4v) is 4.08. The van der Waals surface area contributed by atoms with Gasteiger partial charge < -0.3 is 19.2 Å². The zero-order valence-corrected chi connectivity index (χ0v) is 16.5. The van der Waals surface area contributed by atoms with E-state index < -0.39 is 0 Å². The van der Waals surface area contributed by atoms with Crippen LogP contribution in [0.1, 0.15) is 36.6 Å². The van der Waals surface area contributed by atoms with Gasteiger partial charge in [-0.15, -0.1) is 0 Å². The molecule has 1 amide bonds. The molecule has 1 aromatic heterocycles. The summed E-state index contributed by atoms with van der Waals surface area (Å²) in [5, 5.41) is 3.53. The Kier molecular flexibility index (Phi) is 6.07. The number of halogens is 1. The number of furan rings is 1. The molecule has 1 N–H and O–H groups in total. The van der Waals surface area contributed by atoms with Crippen molar-refractivity contribution in [2.45, 2.75) is 31.7 Å². The largest absolute Gasteiger partial charge is 0.489 e. The first-order chi connectivity index (χ1) is 13.7. The molecule has 2 aliphatic rings. The van der Waals surface area contributed by atoms with E-state index in [-0.39, 0.29) is 18.4 Å². The number of amides is 1. The molecular weight excluding hydrogens is 380 g/mol. The summed E-state index contributed by atoms with van der Waals surface area (Å²) in [5.74, 6) is 2.01. The van der Waals surface area contributed by atoms with Crippen LogP contribution in [0, 0.1) is 0 Å². The second kappa shape index (κ2) is 8.88. The SMILES string of the molecule is O=C(Cc1cc(Cl)c2c(c1)OCCCO2)NC[C@H](c1ccco1)N1CCCC1. The van der Waals surface area contributed by atoms with Crippen molar-refractivity contribution in [3.63, 3.8) is 0 Å². The molecule has 0 spiro atoms. The molecule has 1 fully saturated rings. The van der Waals surface area contributed by atoms with Gasteiger partial charge in [0.15, 0.2) is 11.5 Å². The zero-order chi connectivity index (χ0) is 19.3. The van der Waals surface area contributed by atoms with E-state index in [1.807, 2.05) is 18.2 Å². The predicted octanol–water partition coefficient (Wildman–Crippen LogP) is 3.59. The van der Waals surface area contributed by atoms with Gasteiger partial charge >= 0.3 is 0 Å². The molecule has 28 heavy (non-hydrogen) atoms. The lowest BCUT2D eigenvalue weighted by atomic mass is 10.1. The summed E-state index contributed by atoms with van der Waals surface area (Å²) in [5.41, 5.74) is 0.808. The van der Waals surface area contributed by atoms with Crippen molar-refractivity contribution in [2.24, 2.45) is 0 Å². The third-order valence-electron chi connectivity index (χ3n) is 5.17. The average molecular weight is 405 g/mol. The highest BCUT2D eigenvalue weighted by molar-refractivity contribution is 6.32. The van der Waals surface area contributed by atoms with Crippen molar-refractivity contribution in [1.82, 2.24) is 10.2 Å². The number of fused-ring (bicyclic) bond motifs is 1. The van der Waals surface area contributed by atoms with Crippen molar-refractivity contribution in [3.05, 3.63) is 46.9 Å². The predicted molar refractivity (Wildman–Crippen MR) is 106 cm³/mol. The molecule has 3 heterocycles. The molecule has 4 rings (SSSR count). The van der Waals surface area contributed by atoms with Gasteiger partial charge in [-0.25, -0.2) is 0 Å². The van der Waals surface area contributed by atoms with Gasteiger partial charge in [0.2, 0.25) is 5.91 Å². The number of ether oxygens (including phenoxy) is 2. The number of carbonyl (C=O) groups excluding carboxylic acids is 1. The van der Waals surface area contributed by atoms with E-state index in [0.29, 0.717) is 36.3 Å². The maximum Gasteiger partial charge on any atom is 0.224 e. The van der Waals surface area contributed by atoms with Crippen molar-refractivity contribution < 1.29 is 18.7 Å². The molecule has 2 aromatic rings.